The van der Waals surface area contributed by atoms with E-state index in [0.717, 1.165) is 12.1 Å². The van der Waals surface area contributed by atoms with Gasteiger partial charge in [-0.25, -0.2) is 13.2 Å². The molecule has 2 aromatic carbocycles. The standard InChI is InChI=1S/C16H13F3O/c17-13-8-7-12(14(18)15(13)19)16(20)11-5-3-10(4-6-11)9-1-2-9/h3-9,16,20H,1-2H2. The Morgan fingerprint density at radius 2 is 1.55 bits per heavy atom. The molecular weight excluding hydrogens is 265 g/mol. The summed E-state index contributed by atoms with van der Waals surface area (Å²) in [5, 5.41) is 10.1. The van der Waals surface area contributed by atoms with Gasteiger partial charge in [0.05, 0.1) is 0 Å². The summed E-state index contributed by atoms with van der Waals surface area (Å²) >= 11 is 0. The molecule has 0 amide bonds. The van der Waals surface area contributed by atoms with Crippen molar-refractivity contribution in [3.8, 4) is 0 Å². The van der Waals surface area contributed by atoms with Crippen molar-refractivity contribution in [3.05, 3.63) is 70.5 Å². The predicted molar refractivity (Wildman–Crippen MR) is 68.8 cm³/mol. The molecule has 20 heavy (non-hydrogen) atoms. The fourth-order valence-corrected chi connectivity index (χ4v) is 2.30. The van der Waals surface area contributed by atoms with Crippen LogP contribution in [-0.2, 0) is 0 Å². The summed E-state index contributed by atoms with van der Waals surface area (Å²) in [6.45, 7) is 0. The summed E-state index contributed by atoms with van der Waals surface area (Å²) in [6, 6.07) is 9.03. The highest BCUT2D eigenvalue weighted by Gasteiger charge is 2.24. The van der Waals surface area contributed by atoms with Gasteiger partial charge in [-0.2, -0.15) is 0 Å². The van der Waals surface area contributed by atoms with Crippen LogP contribution in [0.2, 0.25) is 0 Å². The van der Waals surface area contributed by atoms with Crippen LogP contribution in [0.3, 0.4) is 0 Å². The molecule has 2 aromatic rings. The summed E-state index contributed by atoms with van der Waals surface area (Å²) in [4.78, 5) is 0. The number of benzene rings is 2. The maximum Gasteiger partial charge on any atom is 0.194 e. The second-order valence-electron chi connectivity index (χ2n) is 5.11. The van der Waals surface area contributed by atoms with Gasteiger partial charge in [0.15, 0.2) is 17.5 Å². The van der Waals surface area contributed by atoms with Gasteiger partial charge >= 0.3 is 0 Å². The molecule has 1 nitrogen and oxygen atoms in total. The van der Waals surface area contributed by atoms with Crippen molar-refractivity contribution in [2.24, 2.45) is 0 Å². The Morgan fingerprint density at radius 1 is 0.900 bits per heavy atom. The first kappa shape index (κ1) is 13.2. The van der Waals surface area contributed by atoms with Gasteiger partial charge in [0.25, 0.3) is 0 Å². The molecule has 4 heteroatoms. The average Bonchev–Trinajstić information content (AvgIpc) is 3.29. The average molecular weight is 278 g/mol. The van der Waals surface area contributed by atoms with E-state index in [-0.39, 0.29) is 5.56 Å². The molecule has 1 unspecified atom stereocenters. The monoisotopic (exact) mass is 278 g/mol. The minimum atomic E-state index is -1.56. The van der Waals surface area contributed by atoms with E-state index in [1.54, 1.807) is 12.1 Å². The van der Waals surface area contributed by atoms with E-state index in [1.807, 2.05) is 12.1 Å². The van der Waals surface area contributed by atoms with E-state index in [9.17, 15) is 18.3 Å². The van der Waals surface area contributed by atoms with Gasteiger partial charge in [-0.05, 0) is 36.0 Å². The quantitative estimate of drug-likeness (QED) is 0.839. The Balaban J connectivity index is 1.91. The Kier molecular flexibility index (Phi) is 3.26. The number of hydrogen-bond acceptors (Lipinski definition) is 1. The highest BCUT2D eigenvalue weighted by Crippen LogP contribution is 2.40. The van der Waals surface area contributed by atoms with Crippen LogP contribution in [0.15, 0.2) is 36.4 Å². The molecule has 0 spiro atoms. The zero-order chi connectivity index (χ0) is 14.3. The van der Waals surface area contributed by atoms with Crippen molar-refractivity contribution < 1.29 is 18.3 Å². The molecule has 0 radical (unpaired) electrons. The van der Waals surface area contributed by atoms with Crippen LogP contribution in [0.25, 0.3) is 0 Å². The summed E-state index contributed by atoms with van der Waals surface area (Å²) < 4.78 is 39.7. The van der Waals surface area contributed by atoms with Crippen molar-refractivity contribution in [2.45, 2.75) is 24.9 Å². The first-order chi connectivity index (χ1) is 9.58. The maximum absolute atomic E-state index is 13.6. The Labute approximate surface area is 114 Å². The molecule has 0 heterocycles. The van der Waals surface area contributed by atoms with Crippen molar-refractivity contribution in [1.29, 1.82) is 0 Å². The van der Waals surface area contributed by atoms with Gasteiger partial charge in [-0.3, -0.25) is 0 Å². The summed E-state index contributed by atoms with van der Waals surface area (Å²) in [5.41, 5.74) is 1.38. The molecule has 0 aromatic heterocycles. The summed E-state index contributed by atoms with van der Waals surface area (Å²) in [6.07, 6.45) is 1.03. The van der Waals surface area contributed by atoms with Gasteiger partial charge in [0, 0.05) is 5.56 Å². The third kappa shape index (κ3) is 2.31. The van der Waals surface area contributed by atoms with E-state index < -0.39 is 23.6 Å². The molecule has 0 saturated heterocycles. The molecule has 1 fully saturated rings. The van der Waals surface area contributed by atoms with Gasteiger partial charge in [-0.15, -0.1) is 0 Å². The zero-order valence-electron chi connectivity index (χ0n) is 10.6. The third-order valence-corrected chi connectivity index (χ3v) is 3.66. The van der Waals surface area contributed by atoms with E-state index >= 15 is 0 Å². The van der Waals surface area contributed by atoms with Crippen molar-refractivity contribution >= 4 is 0 Å². The van der Waals surface area contributed by atoms with Gasteiger partial charge in [-0.1, -0.05) is 30.3 Å². The van der Waals surface area contributed by atoms with Crippen LogP contribution in [0.1, 0.15) is 41.6 Å². The van der Waals surface area contributed by atoms with Crippen LogP contribution in [-0.4, -0.2) is 5.11 Å². The number of rotatable bonds is 3. The topological polar surface area (TPSA) is 20.2 Å². The van der Waals surface area contributed by atoms with Crippen LogP contribution in [0.5, 0.6) is 0 Å². The smallest absolute Gasteiger partial charge is 0.194 e. The molecule has 0 bridgehead atoms. The van der Waals surface area contributed by atoms with E-state index in [0.29, 0.717) is 11.5 Å². The normalized spacial score (nSPS) is 16.2. The number of aliphatic hydroxyl groups is 1. The van der Waals surface area contributed by atoms with Gasteiger partial charge < -0.3 is 5.11 Å². The van der Waals surface area contributed by atoms with Crippen LogP contribution < -0.4 is 0 Å². The summed E-state index contributed by atoms with van der Waals surface area (Å²) in [7, 11) is 0. The Morgan fingerprint density at radius 3 is 2.15 bits per heavy atom. The highest BCUT2D eigenvalue weighted by atomic mass is 19.2. The lowest BCUT2D eigenvalue weighted by molar-refractivity contribution is 0.212. The number of hydrogen-bond donors (Lipinski definition) is 1. The first-order valence-electron chi connectivity index (χ1n) is 6.49. The first-order valence-corrected chi connectivity index (χ1v) is 6.49. The largest absolute Gasteiger partial charge is 0.384 e. The molecular formula is C16H13F3O. The number of aliphatic hydroxyl groups excluding tert-OH is 1. The van der Waals surface area contributed by atoms with Crippen LogP contribution in [0.4, 0.5) is 13.2 Å². The fraction of sp³-hybridized carbons (Fsp3) is 0.250. The molecule has 3 rings (SSSR count). The second kappa shape index (κ2) is 4.94. The van der Waals surface area contributed by atoms with Gasteiger partial charge in [0.1, 0.15) is 6.10 Å². The van der Waals surface area contributed by atoms with Gasteiger partial charge in [0.2, 0.25) is 0 Å². The minimum absolute atomic E-state index is 0.261. The summed E-state index contributed by atoms with van der Waals surface area (Å²) in [5.74, 6) is -3.58. The molecule has 0 aliphatic heterocycles. The Hall–Kier alpha value is -1.81. The van der Waals surface area contributed by atoms with Crippen molar-refractivity contribution in [1.82, 2.24) is 0 Å². The lowest BCUT2D eigenvalue weighted by Crippen LogP contribution is -2.05. The highest BCUT2D eigenvalue weighted by molar-refractivity contribution is 5.35. The molecule has 1 atom stereocenters. The molecule has 1 aliphatic rings. The third-order valence-electron chi connectivity index (χ3n) is 3.66. The van der Waals surface area contributed by atoms with E-state index in [4.69, 9.17) is 0 Å². The van der Waals surface area contributed by atoms with Crippen LogP contribution >= 0.6 is 0 Å². The van der Waals surface area contributed by atoms with E-state index in [1.165, 1.54) is 18.4 Å². The predicted octanol–water partition coefficient (Wildman–Crippen LogP) is 4.06. The molecule has 1 aliphatic carbocycles. The molecule has 104 valence electrons. The lowest BCUT2D eigenvalue weighted by Gasteiger charge is -2.13. The zero-order valence-corrected chi connectivity index (χ0v) is 10.6. The SMILES string of the molecule is OC(c1ccc(C2CC2)cc1)c1ccc(F)c(F)c1F. The van der Waals surface area contributed by atoms with Crippen LogP contribution in [0, 0.1) is 17.5 Å². The van der Waals surface area contributed by atoms with E-state index in [2.05, 4.69) is 0 Å². The Bertz CT molecular complexity index is 633. The van der Waals surface area contributed by atoms with Crippen molar-refractivity contribution in [3.63, 3.8) is 0 Å². The lowest BCUT2D eigenvalue weighted by atomic mass is 9.99. The number of halogens is 3. The molecule has 1 saturated carbocycles. The maximum atomic E-state index is 13.6. The second-order valence-corrected chi connectivity index (χ2v) is 5.11. The fourth-order valence-electron chi connectivity index (χ4n) is 2.30. The minimum Gasteiger partial charge on any atom is -0.384 e. The molecule has 1 N–H and O–H groups in total. The van der Waals surface area contributed by atoms with Crippen molar-refractivity contribution in [2.75, 3.05) is 0 Å².